The van der Waals surface area contributed by atoms with Crippen molar-refractivity contribution in [1.29, 1.82) is 0 Å². The van der Waals surface area contributed by atoms with Gasteiger partial charge in [0.2, 0.25) is 0 Å². The maximum Gasteiger partial charge on any atom is 0.416 e. The van der Waals surface area contributed by atoms with E-state index in [1.807, 2.05) is 24.3 Å². The van der Waals surface area contributed by atoms with Crippen LogP contribution in [0.15, 0.2) is 91.0 Å². The minimum atomic E-state index is -4.40. The zero-order chi connectivity index (χ0) is 27.3. The highest BCUT2D eigenvalue weighted by Crippen LogP contribution is 2.32. The number of aromatic carboxylic acids is 1. The summed E-state index contributed by atoms with van der Waals surface area (Å²) in [6.45, 7) is 3.01. The lowest BCUT2D eigenvalue weighted by Crippen LogP contribution is -2.30. The first-order valence-electron chi connectivity index (χ1n) is 11.9. The zero-order valence-corrected chi connectivity index (χ0v) is 21.1. The molecule has 0 radical (unpaired) electrons. The molecule has 5 rings (SSSR count). The first kappa shape index (κ1) is 27.2. The zero-order valence-electron chi connectivity index (χ0n) is 20.4. The Morgan fingerprint density at radius 1 is 0.921 bits per heavy atom. The van der Waals surface area contributed by atoms with E-state index in [9.17, 15) is 18.0 Å². The number of nitrogens with zero attached hydrogens (tertiary/aromatic N) is 1. The molecule has 4 aromatic rings. The van der Waals surface area contributed by atoms with E-state index in [1.165, 1.54) is 34.9 Å². The van der Waals surface area contributed by atoms with Gasteiger partial charge in [0.05, 0.1) is 11.1 Å². The molecule has 8 heteroatoms. The van der Waals surface area contributed by atoms with Gasteiger partial charge in [-0.2, -0.15) is 13.2 Å². The van der Waals surface area contributed by atoms with E-state index in [4.69, 9.17) is 22.4 Å². The van der Waals surface area contributed by atoms with Crippen LogP contribution in [0, 0.1) is 0 Å². The molecule has 1 aliphatic heterocycles. The molecule has 4 nitrogen and oxygen atoms in total. The standard InChI is InChI=1S/C16H17ClN2.C14H9F3O2/c17-15-3-1-2-12(8-15)10-19-7-6-13-9-16(18)5-4-14(13)11-19;15-14(16,17)10-7-5-9(6-8-10)11-3-1-2-4-12(11)13(18)19/h1-5,8-9H,6-7,10-11,18H2;1-8H,(H,18,19). The molecule has 1 aliphatic rings. The van der Waals surface area contributed by atoms with Crippen LogP contribution in [0.2, 0.25) is 5.02 Å². The molecule has 196 valence electrons. The van der Waals surface area contributed by atoms with Crippen LogP contribution >= 0.6 is 11.6 Å². The third-order valence-electron chi connectivity index (χ3n) is 6.30. The second-order valence-corrected chi connectivity index (χ2v) is 9.48. The number of rotatable bonds is 4. The summed E-state index contributed by atoms with van der Waals surface area (Å²) in [5.74, 6) is -1.12. The van der Waals surface area contributed by atoms with Gasteiger partial charge in [-0.25, -0.2) is 4.79 Å². The molecule has 0 atom stereocenters. The summed E-state index contributed by atoms with van der Waals surface area (Å²) in [6, 6.07) is 24.9. The van der Waals surface area contributed by atoms with Gasteiger partial charge in [-0.05, 0) is 76.7 Å². The Bertz CT molecular complexity index is 1420. The molecule has 0 aromatic heterocycles. The number of hydrogen-bond acceptors (Lipinski definition) is 3. The van der Waals surface area contributed by atoms with Crippen LogP contribution in [0.4, 0.5) is 18.9 Å². The number of nitrogen functional groups attached to an aromatic ring is 1. The molecule has 0 amide bonds. The Labute approximate surface area is 224 Å². The predicted molar refractivity (Wildman–Crippen MR) is 144 cm³/mol. The van der Waals surface area contributed by atoms with Gasteiger partial charge in [0.1, 0.15) is 0 Å². The number of carbonyl (C=O) groups is 1. The normalized spacial score (nSPS) is 13.3. The summed E-state index contributed by atoms with van der Waals surface area (Å²) in [6.07, 6.45) is -3.33. The molecule has 1 heterocycles. The molecule has 4 aromatic carbocycles. The molecule has 0 saturated carbocycles. The summed E-state index contributed by atoms with van der Waals surface area (Å²) >= 11 is 6.03. The lowest BCUT2D eigenvalue weighted by molar-refractivity contribution is -0.137. The molecule has 0 fully saturated rings. The number of carboxylic acid groups (broad SMARTS) is 1. The van der Waals surface area contributed by atoms with Crippen LogP contribution in [0.1, 0.15) is 32.6 Å². The largest absolute Gasteiger partial charge is 0.478 e. The van der Waals surface area contributed by atoms with Crippen molar-refractivity contribution in [3.63, 3.8) is 0 Å². The second kappa shape index (κ2) is 11.7. The van der Waals surface area contributed by atoms with Gasteiger partial charge in [0.25, 0.3) is 0 Å². The maximum atomic E-state index is 12.4. The quantitative estimate of drug-likeness (QED) is 0.263. The average Bonchev–Trinajstić information content (AvgIpc) is 2.89. The van der Waals surface area contributed by atoms with Crippen molar-refractivity contribution in [2.45, 2.75) is 25.7 Å². The SMILES string of the molecule is Nc1ccc2c(c1)CCN(Cc1cccc(Cl)c1)C2.O=C(O)c1ccccc1-c1ccc(C(F)(F)F)cc1. The monoisotopic (exact) mass is 538 g/mol. The fourth-order valence-electron chi connectivity index (χ4n) is 4.42. The van der Waals surface area contributed by atoms with Crippen molar-refractivity contribution >= 4 is 23.3 Å². The third-order valence-corrected chi connectivity index (χ3v) is 6.53. The second-order valence-electron chi connectivity index (χ2n) is 9.04. The molecule has 38 heavy (non-hydrogen) atoms. The van der Waals surface area contributed by atoms with Gasteiger partial charge in [0, 0.05) is 30.3 Å². The minimum Gasteiger partial charge on any atom is -0.478 e. The van der Waals surface area contributed by atoms with Crippen LogP contribution in [0.25, 0.3) is 11.1 Å². The predicted octanol–water partition coefficient (Wildman–Crippen LogP) is 7.55. The van der Waals surface area contributed by atoms with E-state index in [2.05, 4.69) is 23.1 Å². The Morgan fingerprint density at radius 2 is 1.66 bits per heavy atom. The smallest absolute Gasteiger partial charge is 0.416 e. The Morgan fingerprint density at radius 3 is 2.34 bits per heavy atom. The molecule has 0 spiro atoms. The van der Waals surface area contributed by atoms with Crippen LogP contribution in [0.5, 0.6) is 0 Å². The molecule has 0 saturated heterocycles. The molecule has 0 unspecified atom stereocenters. The van der Waals surface area contributed by atoms with Crippen LogP contribution < -0.4 is 5.73 Å². The van der Waals surface area contributed by atoms with Gasteiger partial charge < -0.3 is 10.8 Å². The minimum absolute atomic E-state index is 0.0576. The lowest BCUT2D eigenvalue weighted by atomic mass is 9.98. The Hall–Kier alpha value is -3.81. The fraction of sp³-hybridized carbons (Fsp3) is 0.167. The van der Waals surface area contributed by atoms with Gasteiger partial charge in [-0.3, -0.25) is 4.90 Å². The van der Waals surface area contributed by atoms with Gasteiger partial charge in [-0.1, -0.05) is 60.1 Å². The van der Waals surface area contributed by atoms with Crippen LogP contribution in [0.3, 0.4) is 0 Å². The maximum absolute atomic E-state index is 12.4. The first-order chi connectivity index (χ1) is 18.1. The molecular formula is C30H26ClF3N2O2. The number of nitrogens with two attached hydrogens (primary N) is 1. The summed E-state index contributed by atoms with van der Waals surface area (Å²) in [4.78, 5) is 13.5. The van der Waals surface area contributed by atoms with Gasteiger partial charge >= 0.3 is 12.1 Å². The van der Waals surface area contributed by atoms with Crippen molar-refractivity contribution < 1.29 is 23.1 Å². The lowest BCUT2D eigenvalue weighted by Gasteiger charge is -2.29. The van der Waals surface area contributed by atoms with Crippen LogP contribution in [-0.2, 0) is 25.7 Å². The van der Waals surface area contributed by atoms with Crippen molar-refractivity contribution in [2.24, 2.45) is 0 Å². The van der Waals surface area contributed by atoms with E-state index in [1.54, 1.807) is 18.2 Å². The van der Waals surface area contributed by atoms with Gasteiger partial charge in [0.15, 0.2) is 0 Å². The molecule has 0 aliphatic carbocycles. The number of anilines is 1. The number of carboxylic acids is 1. The third kappa shape index (κ3) is 6.94. The molecule has 0 bridgehead atoms. The first-order valence-corrected chi connectivity index (χ1v) is 12.3. The topological polar surface area (TPSA) is 66.6 Å². The van der Waals surface area contributed by atoms with E-state index < -0.39 is 17.7 Å². The van der Waals surface area contributed by atoms with Gasteiger partial charge in [-0.15, -0.1) is 0 Å². The summed E-state index contributed by atoms with van der Waals surface area (Å²) in [7, 11) is 0. The number of fused-ring (bicyclic) bond motifs is 1. The van der Waals surface area contributed by atoms with Crippen molar-refractivity contribution in [3.8, 4) is 11.1 Å². The summed E-state index contributed by atoms with van der Waals surface area (Å²) < 4.78 is 37.3. The van der Waals surface area contributed by atoms with Crippen molar-refractivity contribution in [3.05, 3.63) is 124 Å². The Kier molecular flexibility index (Phi) is 8.39. The van der Waals surface area contributed by atoms with Crippen molar-refractivity contribution in [1.82, 2.24) is 4.90 Å². The fourth-order valence-corrected chi connectivity index (χ4v) is 4.63. The van der Waals surface area contributed by atoms with E-state index in [-0.39, 0.29) is 5.56 Å². The number of alkyl halides is 3. The highest BCUT2D eigenvalue weighted by molar-refractivity contribution is 6.30. The number of hydrogen-bond donors (Lipinski definition) is 2. The molecule has 3 N–H and O–H groups in total. The van der Waals surface area contributed by atoms with Crippen molar-refractivity contribution in [2.75, 3.05) is 12.3 Å². The summed E-state index contributed by atoms with van der Waals surface area (Å²) in [5, 5.41) is 9.84. The molecular weight excluding hydrogens is 513 g/mol. The average molecular weight is 539 g/mol. The van der Waals surface area contributed by atoms with E-state index in [0.717, 1.165) is 48.9 Å². The highest BCUT2D eigenvalue weighted by Gasteiger charge is 2.30. The Balaban J connectivity index is 0.000000177. The highest BCUT2D eigenvalue weighted by atomic mass is 35.5. The van der Waals surface area contributed by atoms with E-state index >= 15 is 0 Å². The number of benzene rings is 4. The number of halogens is 4. The van der Waals surface area contributed by atoms with E-state index in [0.29, 0.717) is 11.1 Å². The van der Waals surface area contributed by atoms with Crippen LogP contribution in [-0.4, -0.2) is 22.5 Å². The summed E-state index contributed by atoms with van der Waals surface area (Å²) in [5.41, 5.74) is 10.9.